The Bertz CT molecular complexity index is 877. The van der Waals surface area contributed by atoms with Gasteiger partial charge in [0.1, 0.15) is 0 Å². The summed E-state index contributed by atoms with van der Waals surface area (Å²) in [6, 6.07) is 8.89. The van der Waals surface area contributed by atoms with Gasteiger partial charge in [-0.25, -0.2) is 9.97 Å². The normalized spacial score (nSPS) is 17.0. The molecule has 0 bridgehead atoms. The summed E-state index contributed by atoms with van der Waals surface area (Å²) in [7, 11) is 0. The van der Waals surface area contributed by atoms with E-state index in [1.165, 1.54) is 0 Å². The number of rotatable bonds is 4. The molecular weight excluding hydrogens is 342 g/mol. The molecule has 0 spiro atoms. The van der Waals surface area contributed by atoms with Gasteiger partial charge in [-0.2, -0.15) is 0 Å². The van der Waals surface area contributed by atoms with Crippen LogP contribution in [-0.4, -0.2) is 40.0 Å². The Morgan fingerprint density at radius 1 is 1.36 bits per heavy atom. The number of hydrogen-bond donors (Lipinski definition) is 2. The summed E-state index contributed by atoms with van der Waals surface area (Å²) >= 11 is 5.71. The average Bonchev–Trinajstić information content (AvgIpc) is 3.36. The summed E-state index contributed by atoms with van der Waals surface area (Å²) in [6.07, 6.45) is 4.42. The first-order valence-corrected chi connectivity index (χ1v) is 8.35. The summed E-state index contributed by atoms with van der Waals surface area (Å²) in [6.45, 7) is 1.42. The Kier molecular flexibility index (Phi) is 4.15. The zero-order valence-corrected chi connectivity index (χ0v) is 14.0. The minimum Gasteiger partial charge on any atom is -0.440 e. The summed E-state index contributed by atoms with van der Waals surface area (Å²) in [4.78, 5) is 26.3. The number of aromatic nitrogens is 3. The fourth-order valence-corrected chi connectivity index (χ4v) is 3.04. The van der Waals surface area contributed by atoms with Crippen molar-refractivity contribution in [2.75, 3.05) is 18.0 Å². The van der Waals surface area contributed by atoms with Crippen molar-refractivity contribution in [3.05, 3.63) is 53.7 Å². The molecule has 3 aromatic rings. The Balaban J connectivity index is 1.42. The highest BCUT2D eigenvalue weighted by atomic mass is 35.5. The van der Waals surface area contributed by atoms with Crippen LogP contribution in [0.3, 0.4) is 0 Å². The molecule has 0 aromatic carbocycles. The van der Waals surface area contributed by atoms with Gasteiger partial charge in [0.05, 0.1) is 11.4 Å². The second kappa shape index (κ2) is 6.60. The minimum absolute atomic E-state index is 0.00844. The molecular formula is C17H16ClN5O2. The van der Waals surface area contributed by atoms with E-state index < -0.39 is 0 Å². The molecule has 25 heavy (non-hydrogen) atoms. The average molecular weight is 358 g/mol. The summed E-state index contributed by atoms with van der Waals surface area (Å²) < 4.78 is 5.14. The maximum Gasteiger partial charge on any atom is 0.287 e. The topological polar surface area (TPSA) is 87.0 Å². The predicted octanol–water partition coefficient (Wildman–Crippen LogP) is 2.73. The second-order valence-electron chi connectivity index (χ2n) is 5.83. The standard InChI is InChI=1S/C17H16ClN5O2/c18-15-4-3-14(25-15)16(24)21-11-6-9-23(10-11)17-20-8-5-13(22-17)12-2-1-7-19-12/h1-5,7-8,11,19H,6,9-10H2,(H,21,24). The van der Waals surface area contributed by atoms with Crippen LogP contribution in [0.15, 0.2) is 47.1 Å². The van der Waals surface area contributed by atoms with E-state index in [9.17, 15) is 4.79 Å². The van der Waals surface area contributed by atoms with Crippen molar-refractivity contribution in [3.8, 4) is 11.4 Å². The molecule has 0 saturated carbocycles. The zero-order chi connectivity index (χ0) is 17.2. The lowest BCUT2D eigenvalue weighted by Crippen LogP contribution is -2.37. The Morgan fingerprint density at radius 2 is 2.28 bits per heavy atom. The third kappa shape index (κ3) is 3.36. The van der Waals surface area contributed by atoms with Crippen LogP contribution >= 0.6 is 11.6 Å². The van der Waals surface area contributed by atoms with E-state index in [2.05, 4.69) is 25.2 Å². The maximum atomic E-state index is 12.1. The molecule has 7 nitrogen and oxygen atoms in total. The first-order chi connectivity index (χ1) is 12.2. The molecule has 1 fully saturated rings. The van der Waals surface area contributed by atoms with Crippen molar-refractivity contribution < 1.29 is 9.21 Å². The molecule has 4 rings (SSSR count). The number of aromatic amines is 1. The molecule has 8 heteroatoms. The lowest BCUT2D eigenvalue weighted by Gasteiger charge is -2.17. The van der Waals surface area contributed by atoms with Gasteiger partial charge in [-0.15, -0.1) is 0 Å². The van der Waals surface area contributed by atoms with Crippen molar-refractivity contribution >= 4 is 23.5 Å². The van der Waals surface area contributed by atoms with Gasteiger partial charge >= 0.3 is 0 Å². The number of carbonyl (C=O) groups excluding carboxylic acids is 1. The van der Waals surface area contributed by atoms with Crippen LogP contribution < -0.4 is 10.2 Å². The number of nitrogens with zero attached hydrogens (tertiary/aromatic N) is 3. The van der Waals surface area contributed by atoms with Crippen LogP contribution in [0.25, 0.3) is 11.4 Å². The van der Waals surface area contributed by atoms with Crippen LogP contribution in [0.2, 0.25) is 5.22 Å². The number of H-pyrrole nitrogens is 1. The molecule has 1 atom stereocenters. The van der Waals surface area contributed by atoms with Crippen LogP contribution in [0.5, 0.6) is 0 Å². The fraction of sp³-hybridized carbons (Fsp3) is 0.235. The lowest BCUT2D eigenvalue weighted by atomic mass is 10.2. The third-order valence-corrected chi connectivity index (χ3v) is 4.32. The largest absolute Gasteiger partial charge is 0.440 e. The summed E-state index contributed by atoms with van der Waals surface area (Å²) in [5, 5.41) is 3.16. The number of nitrogens with one attached hydrogen (secondary N) is 2. The summed E-state index contributed by atoms with van der Waals surface area (Å²) in [5.41, 5.74) is 1.79. The maximum absolute atomic E-state index is 12.1. The number of anilines is 1. The first-order valence-electron chi connectivity index (χ1n) is 7.97. The third-order valence-electron chi connectivity index (χ3n) is 4.12. The van der Waals surface area contributed by atoms with Crippen molar-refractivity contribution in [1.29, 1.82) is 0 Å². The SMILES string of the molecule is O=C(NC1CCN(c2nccc(-c3ccc[nH]3)n2)C1)c1ccc(Cl)o1. The monoisotopic (exact) mass is 357 g/mol. The van der Waals surface area contributed by atoms with Crippen LogP contribution in [0.4, 0.5) is 5.95 Å². The Morgan fingerprint density at radius 3 is 3.04 bits per heavy atom. The van der Waals surface area contributed by atoms with Crippen LogP contribution in [-0.2, 0) is 0 Å². The number of carbonyl (C=O) groups is 1. The fourth-order valence-electron chi connectivity index (χ4n) is 2.89. The van der Waals surface area contributed by atoms with Crippen molar-refractivity contribution in [2.24, 2.45) is 0 Å². The highest BCUT2D eigenvalue weighted by Crippen LogP contribution is 2.21. The van der Waals surface area contributed by atoms with E-state index in [1.807, 2.05) is 24.4 Å². The molecule has 0 aliphatic carbocycles. The molecule has 3 aromatic heterocycles. The van der Waals surface area contributed by atoms with Gasteiger partial charge < -0.3 is 19.6 Å². The van der Waals surface area contributed by atoms with Gasteiger partial charge in [-0.1, -0.05) is 0 Å². The highest BCUT2D eigenvalue weighted by molar-refractivity contribution is 6.29. The molecule has 1 unspecified atom stereocenters. The Hall–Kier alpha value is -2.80. The van der Waals surface area contributed by atoms with Crippen molar-refractivity contribution in [2.45, 2.75) is 12.5 Å². The molecule has 1 aliphatic heterocycles. The molecule has 2 N–H and O–H groups in total. The van der Waals surface area contributed by atoms with E-state index in [0.717, 1.165) is 24.4 Å². The van der Waals surface area contributed by atoms with Gasteiger partial charge in [0.2, 0.25) is 5.95 Å². The van der Waals surface area contributed by atoms with Crippen LogP contribution in [0.1, 0.15) is 17.0 Å². The quantitative estimate of drug-likeness (QED) is 0.749. The van der Waals surface area contributed by atoms with E-state index in [-0.39, 0.29) is 22.9 Å². The molecule has 1 amide bonds. The van der Waals surface area contributed by atoms with E-state index in [4.69, 9.17) is 16.0 Å². The predicted molar refractivity (Wildman–Crippen MR) is 93.6 cm³/mol. The summed E-state index contributed by atoms with van der Waals surface area (Å²) in [5.74, 6) is 0.609. The van der Waals surface area contributed by atoms with E-state index in [0.29, 0.717) is 12.5 Å². The van der Waals surface area contributed by atoms with Gasteiger partial charge in [0.25, 0.3) is 5.91 Å². The van der Waals surface area contributed by atoms with Gasteiger partial charge in [-0.05, 0) is 48.4 Å². The highest BCUT2D eigenvalue weighted by Gasteiger charge is 2.27. The van der Waals surface area contributed by atoms with Gasteiger partial charge in [-0.3, -0.25) is 4.79 Å². The Labute approximate surface area is 149 Å². The molecule has 4 heterocycles. The van der Waals surface area contributed by atoms with Crippen LogP contribution in [0, 0.1) is 0 Å². The molecule has 0 radical (unpaired) electrons. The number of halogens is 1. The zero-order valence-electron chi connectivity index (χ0n) is 13.3. The van der Waals surface area contributed by atoms with Crippen molar-refractivity contribution in [3.63, 3.8) is 0 Å². The second-order valence-corrected chi connectivity index (χ2v) is 6.21. The molecule has 128 valence electrons. The molecule has 1 aliphatic rings. The number of amides is 1. The first kappa shape index (κ1) is 15.7. The van der Waals surface area contributed by atoms with E-state index >= 15 is 0 Å². The van der Waals surface area contributed by atoms with Gasteiger partial charge in [0.15, 0.2) is 11.0 Å². The minimum atomic E-state index is -0.264. The lowest BCUT2D eigenvalue weighted by molar-refractivity contribution is 0.0912. The number of furan rings is 1. The molecule has 1 saturated heterocycles. The van der Waals surface area contributed by atoms with Gasteiger partial charge in [0, 0.05) is 31.5 Å². The number of hydrogen-bond acceptors (Lipinski definition) is 5. The smallest absolute Gasteiger partial charge is 0.287 e. The van der Waals surface area contributed by atoms with E-state index in [1.54, 1.807) is 18.3 Å². The van der Waals surface area contributed by atoms with Crippen molar-refractivity contribution in [1.82, 2.24) is 20.3 Å².